The van der Waals surface area contributed by atoms with Gasteiger partial charge < -0.3 is 0 Å². The van der Waals surface area contributed by atoms with E-state index >= 15 is 0 Å². The molecule has 0 saturated carbocycles. The van der Waals surface area contributed by atoms with Gasteiger partial charge in [-0.25, -0.2) is 4.79 Å². The molecule has 0 spiro atoms. The number of hydrogen-bond donors (Lipinski definition) is 0. The summed E-state index contributed by atoms with van der Waals surface area (Å²) in [5, 5.41) is 0.910. The second kappa shape index (κ2) is 6.57. The molecule has 5 heteroatoms. The zero-order valence-electron chi connectivity index (χ0n) is 12.5. The highest BCUT2D eigenvalue weighted by atomic mass is 35.5. The summed E-state index contributed by atoms with van der Waals surface area (Å²) in [5.41, 5.74) is 2.85. The molecule has 3 rings (SSSR count). The Balaban J connectivity index is 2.22. The minimum atomic E-state index is -0.282. The van der Waals surface area contributed by atoms with Crippen LogP contribution in [0.2, 0.25) is 10.0 Å². The third kappa shape index (κ3) is 3.16. The molecule has 0 aliphatic heterocycles. The topological polar surface area (TPSA) is 34.9 Å². The van der Waals surface area contributed by atoms with E-state index in [0.29, 0.717) is 22.3 Å². The molecule has 2 aromatic carbocycles. The Labute approximate surface area is 144 Å². The number of rotatable bonds is 3. The lowest BCUT2D eigenvalue weighted by Gasteiger charge is -2.12. The predicted molar refractivity (Wildman–Crippen MR) is 95.1 cm³/mol. The normalized spacial score (nSPS) is 10.7. The molecule has 0 amide bonds. The van der Waals surface area contributed by atoms with E-state index in [4.69, 9.17) is 23.2 Å². The first-order valence-electron chi connectivity index (χ1n) is 7.23. The number of hydrogen-bond acceptors (Lipinski definition) is 2. The summed E-state index contributed by atoms with van der Waals surface area (Å²) in [6.45, 7) is 2.48. The van der Waals surface area contributed by atoms with Gasteiger partial charge in [-0.3, -0.25) is 4.57 Å². The molecule has 0 bridgehead atoms. The van der Waals surface area contributed by atoms with Crippen molar-refractivity contribution in [1.29, 1.82) is 0 Å². The molecule has 3 nitrogen and oxygen atoms in total. The van der Waals surface area contributed by atoms with Crippen LogP contribution in [0.1, 0.15) is 6.92 Å². The third-order valence-corrected chi connectivity index (χ3v) is 4.35. The van der Waals surface area contributed by atoms with Crippen molar-refractivity contribution < 1.29 is 0 Å². The summed E-state index contributed by atoms with van der Waals surface area (Å²) in [6.07, 6.45) is 0. The number of aromatic nitrogens is 2. The van der Waals surface area contributed by atoms with Crippen LogP contribution < -0.4 is 5.69 Å². The average molecular weight is 345 g/mol. The fourth-order valence-electron chi connectivity index (χ4n) is 2.46. The van der Waals surface area contributed by atoms with Crippen molar-refractivity contribution in [3.8, 4) is 22.5 Å². The van der Waals surface area contributed by atoms with Crippen molar-refractivity contribution in [1.82, 2.24) is 9.55 Å². The first-order chi connectivity index (χ1) is 11.1. The predicted octanol–water partition coefficient (Wildman–Crippen LogP) is 4.90. The van der Waals surface area contributed by atoms with Gasteiger partial charge in [0.15, 0.2) is 0 Å². The summed E-state index contributed by atoms with van der Waals surface area (Å²) >= 11 is 12.0. The van der Waals surface area contributed by atoms with Crippen LogP contribution in [0.25, 0.3) is 22.5 Å². The standard InChI is InChI=1S/C18H14Cl2N2O/c1-2-22-17(12-6-4-3-5-7-12)11-16(21-18(22)23)13-8-9-14(19)15(20)10-13/h3-11H,2H2,1H3. The van der Waals surface area contributed by atoms with Gasteiger partial charge in [0.2, 0.25) is 0 Å². The Hall–Kier alpha value is -2.10. The Morgan fingerprint density at radius 3 is 2.35 bits per heavy atom. The van der Waals surface area contributed by atoms with Crippen molar-refractivity contribution in [2.24, 2.45) is 0 Å². The van der Waals surface area contributed by atoms with E-state index in [1.54, 1.807) is 22.8 Å². The highest BCUT2D eigenvalue weighted by Gasteiger charge is 2.11. The first kappa shape index (κ1) is 15.8. The number of nitrogens with zero attached hydrogens (tertiary/aromatic N) is 2. The van der Waals surface area contributed by atoms with Gasteiger partial charge in [-0.2, -0.15) is 4.98 Å². The van der Waals surface area contributed by atoms with Crippen LogP contribution in [0.4, 0.5) is 0 Å². The van der Waals surface area contributed by atoms with Gasteiger partial charge in [0.1, 0.15) is 0 Å². The second-order valence-corrected chi connectivity index (χ2v) is 5.86. The van der Waals surface area contributed by atoms with E-state index in [1.165, 1.54) is 0 Å². The van der Waals surface area contributed by atoms with E-state index in [9.17, 15) is 4.79 Å². The zero-order chi connectivity index (χ0) is 16.4. The van der Waals surface area contributed by atoms with E-state index in [1.807, 2.05) is 43.3 Å². The SMILES string of the molecule is CCn1c(-c2ccccc2)cc(-c2ccc(Cl)c(Cl)c2)nc1=O. The minimum absolute atomic E-state index is 0.282. The van der Waals surface area contributed by atoms with Crippen LogP contribution in [-0.4, -0.2) is 9.55 Å². The molecule has 116 valence electrons. The summed E-state index contributed by atoms with van der Waals surface area (Å²) in [4.78, 5) is 16.6. The van der Waals surface area contributed by atoms with Crippen molar-refractivity contribution >= 4 is 23.2 Å². The monoisotopic (exact) mass is 344 g/mol. The Morgan fingerprint density at radius 1 is 0.957 bits per heavy atom. The van der Waals surface area contributed by atoms with E-state index < -0.39 is 0 Å². The van der Waals surface area contributed by atoms with E-state index in [0.717, 1.165) is 16.8 Å². The molecule has 0 fully saturated rings. The highest BCUT2D eigenvalue weighted by molar-refractivity contribution is 6.42. The molecule has 0 aliphatic rings. The Morgan fingerprint density at radius 2 is 1.70 bits per heavy atom. The average Bonchev–Trinajstić information content (AvgIpc) is 2.57. The van der Waals surface area contributed by atoms with Gasteiger partial charge >= 0.3 is 5.69 Å². The molecule has 0 N–H and O–H groups in total. The Bertz CT molecular complexity index is 905. The van der Waals surface area contributed by atoms with Gasteiger partial charge in [0.25, 0.3) is 0 Å². The summed E-state index contributed by atoms with van der Waals surface area (Å²) in [6, 6.07) is 16.9. The lowest BCUT2D eigenvalue weighted by Crippen LogP contribution is -2.24. The summed E-state index contributed by atoms with van der Waals surface area (Å²) in [7, 11) is 0. The first-order valence-corrected chi connectivity index (χ1v) is 7.98. The smallest absolute Gasteiger partial charge is 0.292 e. The summed E-state index contributed by atoms with van der Waals surface area (Å²) in [5.74, 6) is 0. The third-order valence-electron chi connectivity index (χ3n) is 3.61. The maximum atomic E-state index is 12.4. The lowest BCUT2D eigenvalue weighted by molar-refractivity contribution is 0.709. The van der Waals surface area contributed by atoms with Crippen molar-refractivity contribution in [2.45, 2.75) is 13.5 Å². The maximum absolute atomic E-state index is 12.4. The Kier molecular flexibility index (Phi) is 4.51. The van der Waals surface area contributed by atoms with Gasteiger partial charge in [-0.15, -0.1) is 0 Å². The molecule has 0 radical (unpaired) electrons. The maximum Gasteiger partial charge on any atom is 0.348 e. The summed E-state index contributed by atoms with van der Waals surface area (Å²) < 4.78 is 1.65. The molecule has 0 unspecified atom stereocenters. The number of benzene rings is 2. The lowest BCUT2D eigenvalue weighted by atomic mass is 10.1. The van der Waals surface area contributed by atoms with Crippen molar-refractivity contribution in [3.05, 3.63) is 75.1 Å². The molecular weight excluding hydrogens is 331 g/mol. The molecule has 23 heavy (non-hydrogen) atoms. The second-order valence-electron chi connectivity index (χ2n) is 5.05. The molecule has 0 atom stereocenters. The van der Waals surface area contributed by atoms with E-state index in [2.05, 4.69) is 4.98 Å². The van der Waals surface area contributed by atoms with Crippen LogP contribution >= 0.6 is 23.2 Å². The van der Waals surface area contributed by atoms with Gasteiger partial charge in [0, 0.05) is 12.1 Å². The largest absolute Gasteiger partial charge is 0.348 e. The van der Waals surface area contributed by atoms with Crippen molar-refractivity contribution in [3.63, 3.8) is 0 Å². The van der Waals surface area contributed by atoms with Crippen LogP contribution in [0, 0.1) is 0 Å². The van der Waals surface area contributed by atoms with Gasteiger partial charge in [-0.05, 0) is 30.7 Å². The zero-order valence-corrected chi connectivity index (χ0v) is 14.0. The fourth-order valence-corrected chi connectivity index (χ4v) is 2.76. The molecular formula is C18H14Cl2N2O. The highest BCUT2D eigenvalue weighted by Crippen LogP contribution is 2.29. The van der Waals surface area contributed by atoms with Crippen LogP contribution in [-0.2, 0) is 6.54 Å². The number of halogens is 2. The minimum Gasteiger partial charge on any atom is -0.292 e. The van der Waals surface area contributed by atoms with Gasteiger partial charge in [-0.1, -0.05) is 59.6 Å². The van der Waals surface area contributed by atoms with Crippen LogP contribution in [0.5, 0.6) is 0 Å². The van der Waals surface area contributed by atoms with E-state index in [-0.39, 0.29) is 5.69 Å². The van der Waals surface area contributed by atoms with Gasteiger partial charge in [0.05, 0.1) is 21.4 Å². The molecule has 1 heterocycles. The quantitative estimate of drug-likeness (QED) is 0.676. The van der Waals surface area contributed by atoms with Crippen LogP contribution in [0.15, 0.2) is 59.4 Å². The molecule has 0 aliphatic carbocycles. The fraction of sp³-hybridized carbons (Fsp3) is 0.111. The molecule has 0 saturated heterocycles. The molecule has 1 aromatic heterocycles. The molecule has 3 aromatic rings. The van der Waals surface area contributed by atoms with Crippen molar-refractivity contribution in [2.75, 3.05) is 0 Å². The van der Waals surface area contributed by atoms with Crippen LogP contribution in [0.3, 0.4) is 0 Å².